The summed E-state index contributed by atoms with van der Waals surface area (Å²) in [5.41, 5.74) is 6.31. The molecule has 1 saturated carbocycles. The molecule has 1 aromatic carbocycles. The average molecular weight is 295 g/mol. The topological polar surface area (TPSA) is 49.5 Å². The van der Waals surface area contributed by atoms with Gasteiger partial charge in [0, 0.05) is 30.2 Å². The normalized spacial score (nSPS) is 35.4. The smallest absolute Gasteiger partial charge is 0.0897 e. The van der Waals surface area contributed by atoms with Crippen LogP contribution in [-0.4, -0.2) is 35.2 Å². The van der Waals surface area contributed by atoms with E-state index in [1.807, 2.05) is 24.3 Å². The van der Waals surface area contributed by atoms with Gasteiger partial charge in [0.15, 0.2) is 0 Å². The van der Waals surface area contributed by atoms with Crippen LogP contribution in [0.25, 0.3) is 0 Å². The zero-order chi connectivity index (χ0) is 14.2. The van der Waals surface area contributed by atoms with Gasteiger partial charge >= 0.3 is 0 Å². The maximum absolute atomic E-state index is 10.9. The van der Waals surface area contributed by atoms with Crippen LogP contribution in [0.15, 0.2) is 24.3 Å². The van der Waals surface area contributed by atoms with Gasteiger partial charge in [0.1, 0.15) is 0 Å². The summed E-state index contributed by atoms with van der Waals surface area (Å²) in [4.78, 5) is 2.51. The molecule has 20 heavy (non-hydrogen) atoms. The first-order chi connectivity index (χ1) is 9.57. The monoisotopic (exact) mass is 294 g/mol. The van der Waals surface area contributed by atoms with E-state index in [4.69, 9.17) is 17.3 Å². The second kappa shape index (κ2) is 5.64. The van der Waals surface area contributed by atoms with Crippen LogP contribution < -0.4 is 5.73 Å². The van der Waals surface area contributed by atoms with Gasteiger partial charge in [-0.15, -0.1) is 0 Å². The Morgan fingerprint density at radius 2 is 1.80 bits per heavy atom. The quantitative estimate of drug-likeness (QED) is 0.881. The summed E-state index contributed by atoms with van der Waals surface area (Å²) < 4.78 is 0. The minimum atomic E-state index is -0.678. The van der Waals surface area contributed by atoms with Gasteiger partial charge in [-0.1, -0.05) is 23.7 Å². The van der Waals surface area contributed by atoms with Gasteiger partial charge in [-0.25, -0.2) is 0 Å². The van der Waals surface area contributed by atoms with Crippen molar-refractivity contribution in [1.29, 1.82) is 0 Å². The highest BCUT2D eigenvalue weighted by molar-refractivity contribution is 6.30. The second-order valence-electron chi connectivity index (χ2n) is 6.31. The van der Waals surface area contributed by atoms with Gasteiger partial charge in [0.25, 0.3) is 0 Å². The Kier molecular flexibility index (Phi) is 4.04. The molecule has 1 atom stereocenters. The maximum Gasteiger partial charge on any atom is 0.0897 e. The molecule has 3 N–H and O–H groups in total. The summed E-state index contributed by atoms with van der Waals surface area (Å²) in [6, 6.07) is 8.56. The fraction of sp³-hybridized carbons (Fsp3) is 0.625. The first-order valence-corrected chi connectivity index (χ1v) is 7.93. The molecule has 3 nitrogen and oxygen atoms in total. The lowest BCUT2D eigenvalue weighted by atomic mass is 9.77. The predicted octanol–water partition coefficient (Wildman–Crippen LogP) is 2.50. The van der Waals surface area contributed by atoms with E-state index >= 15 is 0 Å². The molecule has 0 unspecified atom stereocenters. The van der Waals surface area contributed by atoms with Crippen LogP contribution in [0.2, 0.25) is 5.02 Å². The molecule has 1 aliphatic carbocycles. The molecular formula is C16H23ClN2O. The number of halogens is 1. The van der Waals surface area contributed by atoms with Gasteiger partial charge in [-0.05, 0) is 49.8 Å². The van der Waals surface area contributed by atoms with E-state index in [9.17, 15) is 5.11 Å². The number of nitrogens with two attached hydrogens (primary N) is 1. The maximum atomic E-state index is 10.9. The van der Waals surface area contributed by atoms with Gasteiger partial charge < -0.3 is 10.8 Å². The van der Waals surface area contributed by atoms with Crippen LogP contribution in [-0.2, 0) is 5.60 Å². The largest absolute Gasteiger partial charge is 0.385 e. The minimum Gasteiger partial charge on any atom is -0.385 e. The van der Waals surface area contributed by atoms with Crippen molar-refractivity contribution in [2.24, 2.45) is 5.73 Å². The second-order valence-corrected chi connectivity index (χ2v) is 6.75. The average Bonchev–Trinajstić information content (AvgIpc) is 2.87. The highest BCUT2D eigenvalue weighted by Crippen LogP contribution is 2.39. The lowest BCUT2D eigenvalue weighted by molar-refractivity contribution is -0.0222. The fourth-order valence-corrected chi connectivity index (χ4v) is 3.77. The molecule has 110 valence electrons. The molecule has 1 aromatic rings. The van der Waals surface area contributed by atoms with Crippen LogP contribution in [0.5, 0.6) is 0 Å². The Morgan fingerprint density at radius 3 is 2.35 bits per heavy atom. The highest BCUT2D eigenvalue weighted by atomic mass is 35.5. The van der Waals surface area contributed by atoms with E-state index in [0.717, 1.165) is 55.8 Å². The first-order valence-electron chi connectivity index (χ1n) is 7.55. The van der Waals surface area contributed by atoms with Crippen LogP contribution in [0, 0.1) is 0 Å². The predicted molar refractivity (Wildman–Crippen MR) is 81.8 cm³/mol. The zero-order valence-electron chi connectivity index (χ0n) is 11.8. The van der Waals surface area contributed by atoms with Gasteiger partial charge in [-0.3, -0.25) is 4.90 Å². The van der Waals surface area contributed by atoms with Crippen molar-refractivity contribution in [1.82, 2.24) is 4.90 Å². The molecule has 0 spiro atoms. The molecule has 1 aliphatic heterocycles. The summed E-state index contributed by atoms with van der Waals surface area (Å²) in [6.07, 6.45) is 4.85. The molecule has 0 radical (unpaired) electrons. The summed E-state index contributed by atoms with van der Waals surface area (Å²) in [5, 5.41) is 11.6. The summed E-state index contributed by atoms with van der Waals surface area (Å²) in [7, 11) is 0. The molecule has 0 amide bonds. The molecule has 2 aliphatic rings. The van der Waals surface area contributed by atoms with Crippen LogP contribution >= 0.6 is 11.6 Å². The number of nitrogens with zero attached hydrogens (tertiary/aromatic N) is 1. The Bertz CT molecular complexity index is 454. The lowest BCUT2D eigenvalue weighted by Gasteiger charge is -2.40. The highest BCUT2D eigenvalue weighted by Gasteiger charge is 2.37. The molecule has 0 aromatic heterocycles. The minimum absolute atomic E-state index is 0.340. The SMILES string of the molecule is N[C@@H]1CCN(C2CCC(O)(c3ccc(Cl)cc3)CC2)C1. The van der Waals surface area contributed by atoms with Crippen LogP contribution in [0.3, 0.4) is 0 Å². The van der Waals surface area contributed by atoms with Crippen molar-refractivity contribution in [3.8, 4) is 0 Å². The van der Waals surface area contributed by atoms with E-state index in [1.54, 1.807) is 0 Å². The molecule has 0 bridgehead atoms. The van der Waals surface area contributed by atoms with E-state index < -0.39 is 5.60 Å². The standard InChI is InChI=1S/C16H23ClN2O/c17-13-3-1-12(2-4-13)16(20)8-5-15(6-9-16)19-10-7-14(18)11-19/h1-4,14-15,20H,5-11,18H2/t14-,15?,16?/m1/s1. The Hall–Kier alpha value is -0.610. The fourth-order valence-electron chi connectivity index (χ4n) is 3.64. The Labute approximate surface area is 125 Å². The van der Waals surface area contributed by atoms with Crippen molar-refractivity contribution in [2.45, 2.75) is 49.8 Å². The Morgan fingerprint density at radius 1 is 1.15 bits per heavy atom. The molecular weight excluding hydrogens is 272 g/mol. The number of likely N-dealkylation sites (tertiary alicyclic amines) is 1. The third kappa shape index (κ3) is 2.86. The van der Waals surface area contributed by atoms with Gasteiger partial charge in [-0.2, -0.15) is 0 Å². The number of hydrogen-bond donors (Lipinski definition) is 2. The third-order valence-corrected chi connectivity index (χ3v) is 5.19. The molecule has 1 saturated heterocycles. The number of benzene rings is 1. The van der Waals surface area contributed by atoms with Crippen molar-refractivity contribution in [3.63, 3.8) is 0 Å². The lowest BCUT2D eigenvalue weighted by Crippen LogP contribution is -2.42. The Balaban J connectivity index is 1.63. The van der Waals surface area contributed by atoms with Gasteiger partial charge in [0.2, 0.25) is 0 Å². The van der Waals surface area contributed by atoms with Crippen LogP contribution in [0.1, 0.15) is 37.7 Å². The molecule has 2 fully saturated rings. The molecule has 4 heteroatoms. The van der Waals surface area contributed by atoms with Crippen molar-refractivity contribution in [2.75, 3.05) is 13.1 Å². The van der Waals surface area contributed by atoms with Crippen LogP contribution in [0.4, 0.5) is 0 Å². The van der Waals surface area contributed by atoms with E-state index in [1.165, 1.54) is 0 Å². The van der Waals surface area contributed by atoms with Crippen molar-refractivity contribution >= 4 is 11.6 Å². The van der Waals surface area contributed by atoms with E-state index in [-0.39, 0.29) is 0 Å². The third-order valence-electron chi connectivity index (χ3n) is 4.94. The van der Waals surface area contributed by atoms with Crippen molar-refractivity contribution in [3.05, 3.63) is 34.9 Å². The summed E-state index contributed by atoms with van der Waals surface area (Å²) in [5.74, 6) is 0. The summed E-state index contributed by atoms with van der Waals surface area (Å²) in [6.45, 7) is 2.13. The van der Waals surface area contributed by atoms with Crippen molar-refractivity contribution < 1.29 is 5.11 Å². The zero-order valence-corrected chi connectivity index (χ0v) is 12.5. The van der Waals surface area contributed by atoms with E-state index in [2.05, 4.69) is 4.90 Å². The number of aliphatic hydroxyl groups is 1. The molecule has 1 heterocycles. The number of hydrogen-bond acceptors (Lipinski definition) is 3. The summed E-state index contributed by atoms with van der Waals surface area (Å²) >= 11 is 5.92. The van der Waals surface area contributed by atoms with Gasteiger partial charge in [0.05, 0.1) is 5.60 Å². The first kappa shape index (κ1) is 14.3. The number of rotatable bonds is 2. The molecule has 3 rings (SSSR count). The van der Waals surface area contributed by atoms with E-state index in [0.29, 0.717) is 12.1 Å².